The first-order valence-electron chi connectivity index (χ1n) is 5.65. The van der Waals surface area contributed by atoms with Gasteiger partial charge in [0.25, 0.3) is 0 Å². The Kier molecular flexibility index (Phi) is 3.00. The van der Waals surface area contributed by atoms with Gasteiger partial charge in [0.2, 0.25) is 5.69 Å². The molecule has 6 nitrogen and oxygen atoms in total. The summed E-state index contributed by atoms with van der Waals surface area (Å²) in [6.07, 6.45) is 1.46. The van der Waals surface area contributed by atoms with Gasteiger partial charge >= 0.3 is 5.97 Å². The second-order valence-corrected chi connectivity index (χ2v) is 4.39. The summed E-state index contributed by atoms with van der Waals surface area (Å²) in [4.78, 5) is 11.2. The molecule has 1 N–H and O–H groups in total. The third-order valence-electron chi connectivity index (χ3n) is 2.70. The normalized spacial score (nSPS) is 10.7. The number of halogens is 1. The fourth-order valence-electron chi connectivity index (χ4n) is 1.82. The summed E-state index contributed by atoms with van der Waals surface area (Å²) in [5.74, 6) is -0.793. The minimum Gasteiger partial charge on any atom is -0.476 e. The number of benzene rings is 1. The standard InChI is InChI=1S/C13H8ClN3O3/c14-8-3-5-9(6-4-8)17-12(10-2-1-7-20-10)11(13(18)19)15-16-17/h1-7H,(H,18,19). The summed E-state index contributed by atoms with van der Waals surface area (Å²) in [6, 6.07) is 10.1. The molecule has 0 aliphatic rings. The number of aromatic carboxylic acids is 1. The van der Waals surface area contributed by atoms with Crippen LogP contribution in [0, 0.1) is 0 Å². The zero-order chi connectivity index (χ0) is 14.1. The lowest BCUT2D eigenvalue weighted by Gasteiger charge is -2.04. The molecule has 0 saturated heterocycles. The van der Waals surface area contributed by atoms with E-state index in [1.165, 1.54) is 10.9 Å². The van der Waals surface area contributed by atoms with Crippen molar-refractivity contribution < 1.29 is 14.3 Å². The first kappa shape index (κ1) is 12.4. The fourth-order valence-corrected chi connectivity index (χ4v) is 1.95. The number of carbonyl (C=O) groups is 1. The maximum absolute atomic E-state index is 11.2. The van der Waals surface area contributed by atoms with E-state index in [0.29, 0.717) is 16.5 Å². The molecule has 100 valence electrons. The van der Waals surface area contributed by atoms with Gasteiger partial charge in [0.15, 0.2) is 5.76 Å². The van der Waals surface area contributed by atoms with Gasteiger partial charge in [-0.1, -0.05) is 16.8 Å². The van der Waals surface area contributed by atoms with E-state index in [0.717, 1.165) is 0 Å². The third kappa shape index (κ3) is 2.06. The summed E-state index contributed by atoms with van der Waals surface area (Å²) < 4.78 is 6.67. The van der Waals surface area contributed by atoms with Gasteiger partial charge in [-0.15, -0.1) is 5.10 Å². The summed E-state index contributed by atoms with van der Waals surface area (Å²) in [5.41, 5.74) is 0.750. The van der Waals surface area contributed by atoms with Gasteiger partial charge in [0.1, 0.15) is 5.69 Å². The SMILES string of the molecule is O=C(O)c1nnn(-c2ccc(Cl)cc2)c1-c1ccco1. The lowest BCUT2D eigenvalue weighted by Crippen LogP contribution is -2.02. The van der Waals surface area contributed by atoms with Crippen LogP contribution in [0.15, 0.2) is 47.1 Å². The van der Waals surface area contributed by atoms with Crippen LogP contribution in [0.1, 0.15) is 10.5 Å². The van der Waals surface area contributed by atoms with E-state index in [1.54, 1.807) is 36.4 Å². The second-order valence-electron chi connectivity index (χ2n) is 3.96. The van der Waals surface area contributed by atoms with Crippen molar-refractivity contribution in [1.82, 2.24) is 15.0 Å². The van der Waals surface area contributed by atoms with Gasteiger partial charge in [-0.05, 0) is 36.4 Å². The molecular formula is C13H8ClN3O3. The van der Waals surface area contributed by atoms with Crippen LogP contribution in [0.25, 0.3) is 17.1 Å². The first-order valence-corrected chi connectivity index (χ1v) is 6.03. The molecule has 0 bridgehead atoms. The Bertz CT molecular complexity index is 748. The molecule has 7 heteroatoms. The van der Waals surface area contributed by atoms with Gasteiger partial charge in [0, 0.05) is 5.02 Å². The molecule has 2 heterocycles. The minimum atomic E-state index is -1.17. The monoisotopic (exact) mass is 289 g/mol. The van der Waals surface area contributed by atoms with Gasteiger partial charge in [-0.2, -0.15) is 0 Å². The van der Waals surface area contributed by atoms with Crippen LogP contribution in [0.5, 0.6) is 0 Å². The van der Waals surface area contributed by atoms with Crippen LogP contribution < -0.4 is 0 Å². The molecule has 0 amide bonds. The molecule has 0 fully saturated rings. The summed E-state index contributed by atoms with van der Waals surface area (Å²) in [7, 11) is 0. The van der Waals surface area contributed by atoms with Gasteiger partial charge in [-0.3, -0.25) is 0 Å². The highest BCUT2D eigenvalue weighted by atomic mass is 35.5. The Labute approximate surface area is 118 Å². The minimum absolute atomic E-state index is 0.171. The molecule has 0 unspecified atom stereocenters. The van der Waals surface area contributed by atoms with Crippen molar-refractivity contribution in [2.24, 2.45) is 0 Å². The molecule has 0 saturated carbocycles. The second kappa shape index (κ2) is 4.82. The maximum Gasteiger partial charge on any atom is 0.358 e. The largest absolute Gasteiger partial charge is 0.476 e. The van der Waals surface area contributed by atoms with Gasteiger partial charge in [0.05, 0.1) is 12.0 Å². The molecule has 3 rings (SSSR count). The van der Waals surface area contributed by atoms with E-state index in [2.05, 4.69) is 10.3 Å². The van der Waals surface area contributed by atoms with Crippen molar-refractivity contribution in [3.05, 3.63) is 53.4 Å². The van der Waals surface area contributed by atoms with Crippen molar-refractivity contribution >= 4 is 17.6 Å². The average molecular weight is 290 g/mol. The third-order valence-corrected chi connectivity index (χ3v) is 2.95. The molecule has 0 atom stereocenters. The number of aromatic nitrogens is 3. The Balaban J connectivity index is 2.21. The number of rotatable bonds is 3. The highest BCUT2D eigenvalue weighted by Crippen LogP contribution is 2.26. The maximum atomic E-state index is 11.2. The van der Waals surface area contributed by atoms with Crippen LogP contribution in [-0.2, 0) is 0 Å². The number of hydrogen-bond acceptors (Lipinski definition) is 4. The zero-order valence-electron chi connectivity index (χ0n) is 10.0. The molecule has 3 aromatic rings. The highest BCUT2D eigenvalue weighted by molar-refractivity contribution is 6.30. The average Bonchev–Trinajstić information content (AvgIpc) is 3.08. The lowest BCUT2D eigenvalue weighted by molar-refractivity contribution is 0.0691. The van der Waals surface area contributed by atoms with Crippen LogP contribution in [0.4, 0.5) is 0 Å². The summed E-state index contributed by atoms with van der Waals surface area (Å²) in [5, 5.41) is 17.3. The number of carboxylic acids is 1. The number of hydrogen-bond donors (Lipinski definition) is 1. The van der Waals surface area contributed by atoms with E-state index in [9.17, 15) is 9.90 Å². The summed E-state index contributed by atoms with van der Waals surface area (Å²) >= 11 is 5.84. The van der Waals surface area contributed by atoms with Gasteiger partial charge in [-0.25, -0.2) is 9.48 Å². The number of nitrogens with zero attached hydrogens (tertiary/aromatic N) is 3. The van der Waals surface area contributed by atoms with E-state index < -0.39 is 5.97 Å². The van der Waals surface area contributed by atoms with E-state index in [4.69, 9.17) is 16.0 Å². The predicted octanol–water partition coefficient (Wildman–Crippen LogP) is 2.88. The van der Waals surface area contributed by atoms with Crippen LogP contribution in [-0.4, -0.2) is 26.1 Å². The van der Waals surface area contributed by atoms with Crippen LogP contribution >= 0.6 is 11.6 Å². The number of carboxylic acid groups (broad SMARTS) is 1. The predicted molar refractivity (Wildman–Crippen MR) is 71.0 cm³/mol. The molecule has 2 aromatic heterocycles. The van der Waals surface area contributed by atoms with E-state index in [1.807, 2.05) is 0 Å². The van der Waals surface area contributed by atoms with Crippen molar-refractivity contribution in [3.8, 4) is 17.1 Å². The Morgan fingerprint density at radius 2 is 2.00 bits per heavy atom. The molecule has 0 aliphatic carbocycles. The highest BCUT2D eigenvalue weighted by Gasteiger charge is 2.23. The Morgan fingerprint density at radius 1 is 1.25 bits per heavy atom. The lowest BCUT2D eigenvalue weighted by atomic mass is 10.2. The van der Waals surface area contributed by atoms with E-state index >= 15 is 0 Å². The van der Waals surface area contributed by atoms with Crippen LogP contribution in [0.3, 0.4) is 0 Å². The topological polar surface area (TPSA) is 81.1 Å². The first-order chi connectivity index (χ1) is 9.66. The van der Waals surface area contributed by atoms with E-state index in [-0.39, 0.29) is 11.4 Å². The van der Waals surface area contributed by atoms with Crippen molar-refractivity contribution in [2.75, 3.05) is 0 Å². The molecule has 0 aliphatic heterocycles. The Morgan fingerprint density at radius 3 is 2.60 bits per heavy atom. The van der Waals surface area contributed by atoms with Crippen molar-refractivity contribution in [1.29, 1.82) is 0 Å². The van der Waals surface area contributed by atoms with Crippen molar-refractivity contribution in [3.63, 3.8) is 0 Å². The quantitative estimate of drug-likeness (QED) is 0.802. The fraction of sp³-hybridized carbons (Fsp3) is 0. The number of furan rings is 1. The van der Waals surface area contributed by atoms with Crippen molar-refractivity contribution in [2.45, 2.75) is 0 Å². The summed E-state index contributed by atoms with van der Waals surface area (Å²) in [6.45, 7) is 0. The Hall–Kier alpha value is -2.60. The molecule has 20 heavy (non-hydrogen) atoms. The zero-order valence-corrected chi connectivity index (χ0v) is 10.8. The van der Waals surface area contributed by atoms with Crippen LogP contribution in [0.2, 0.25) is 5.02 Å². The molecular weight excluding hydrogens is 282 g/mol. The van der Waals surface area contributed by atoms with Gasteiger partial charge < -0.3 is 9.52 Å². The smallest absolute Gasteiger partial charge is 0.358 e. The molecule has 0 spiro atoms. The molecule has 1 aromatic carbocycles. The molecule has 0 radical (unpaired) electrons.